The van der Waals surface area contributed by atoms with Crippen molar-refractivity contribution in [1.82, 2.24) is 19.4 Å². The summed E-state index contributed by atoms with van der Waals surface area (Å²) in [6, 6.07) is 9.54. The molecule has 1 aliphatic rings. The molecule has 160 valence electrons. The van der Waals surface area contributed by atoms with Crippen molar-refractivity contribution in [2.75, 3.05) is 11.9 Å². The van der Waals surface area contributed by atoms with Crippen LogP contribution < -0.4 is 10.9 Å². The van der Waals surface area contributed by atoms with Crippen molar-refractivity contribution in [3.8, 4) is 0 Å². The number of carbonyl (C=O) groups is 1. The molecule has 3 aromatic heterocycles. The van der Waals surface area contributed by atoms with Crippen LogP contribution >= 0.6 is 0 Å². The number of anilines is 2. The molecule has 1 fully saturated rings. The van der Waals surface area contributed by atoms with E-state index in [-0.39, 0.29) is 23.1 Å². The molecule has 1 N–H and O–H groups in total. The molecule has 4 rings (SSSR count). The van der Waals surface area contributed by atoms with Gasteiger partial charge in [-0.05, 0) is 69.0 Å². The summed E-state index contributed by atoms with van der Waals surface area (Å²) < 4.78 is 1.53. The second-order valence-corrected chi connectivity index (χ2v) is 8.13. The highest BCUT2D eigenvalue weighted by molar-refractivity contribution is 5.95. The third-order valence-electron chi connectivity index (χ3n) is 5.99. The molecule has 0 unspecified atom stereocenters. The highest BCUT2D eigenvalue weighted by Crippen LogP contribution is 2.32. The topological polar surface area (TPSA) is 80.1 Å². The van der Waals surface area contributed by atoms with Gasteiger partial charge in [0, 0.05) is 25.5 Å². The Balaban J connectivity index is 1.58. The first kappa shape index (κ1) is 20.8. The number of pyridine rings is 3. The highest BCUT2D eigenvalue weighted by atomic mass is 16.2. The maximum absolute atomic E-state index is 13.3. The van der Waals surface area contributed by atoms with Crippen molar-refractivity contribution in [3.05, 3.63) is 81.2 Å². The fourth-order valence-electron chi connectivity index (χ4n) is 4.13. The lowest BCUT2D eigenvalue weighted by Gasteiger charge is -2.25. The zero-order valence-corrected chi connectivity index (χ0v) is 18.3. The fraction of sp³-hybridized carbons (Fsp3) is 0.333. The van der Waals surface area contributed by atoms with Gasteiger partial charge in [-0.1, -0.05) is 6.07 Å². The summed E-state index contributed by atoms with van der Waals surface area (Å²) in [6.07, 6.45) is 5.23. The summed E-state index contributed by atoms with van der Waals surface area (Å²) in [5, 5.41) is 3.28. The van der Waals surface area contributed by atoms with Crippen LogP contribution in [0.3, 0.4) is 0 Å². The maximum Gasteiger partial charge on any atom is 0.263 e. The molecule has 0 spiro atoms. The third kappa shape index (κ3) is 3.95. The number of aromatic nitrogens is 3. The number of rotatable bonds is 4. The average molecular weight is 418 g/mol. The van der Waals surface area contributed by atoms with Crippen molar-refractivity contribution >= 4 is 17.4 Å². The summed E-state index contributed by atoms with van der Waals surface area (Å²) in [4.78, 5) is 36.9. The third-order valence-corrected chi connectivity index (χ3v) is 5.99. The quantitative estimate of drug-likeness (QED) is 0.698. The first-order valence-electron chi connectivity index (χ1n) is 10.5. The summed E-state index contributed by atoms with van der Waals surface area (Å²) >= 11 is 0. The van der Waals surface area contributed by atoms with Gasteiger partial charge < -0.3 is 14.8 Å². The van der Waals surface area contributed by atoms with E-state index in [0.29, 0.717) is 6.54 Å². The first-order chi connectivity index (χ1) is 14.9. The summed E-state index contributed by atoms with van der Waals surface area (Å²) in [5.41, 5.74) is 4.28. The molecule has 4 heterocycles. The standard InChI is InChI=1S/C24H27N5O2/c1-15-7-5-11-25-22(15)27-18-9-10-19(26-14-18)20-8-6-12-29(20)24(31)21-16(2)13-17(3)28(4)23(21)30/h5,7,9-11,13-14,20H,6,8,12H2,1-4H3,(H,25,27)/t20-/m1/s1. The number of carbonyl (C=O) groups excluding carboxylic acids is 1. The Bertz CT molecular complexity index is 1180. The van der Waals surface area contributed by atoms with Crippen LogP contribution in [0.25, 0.3) is 0 Å². The zero-order valence-electron chi connectivity index (χ0n) is 18.3. The van der Waals surface area contributed by atoms with E-state index in [4.69, 9.17) is 0 Å². The molecule has 0 bridgehead atoms. The predicted molar refractivity (Wildman–Crippen MR) is 121 cm³/mol. The SMILES string of the molecule is Cc1cccnc1Nc1ccc([C@H]2CCCN2C(=O)c2c(C)cc(C)n(C)c2=O)nc1. The predicted octanol–water partition coefficient (Wildman–Crippen LogP) is 3.82. The van der Waals surface area contributed by atoms with Crippen LogP contribution in [0, 0.1) is 20.8 Å². The van der Waals surface area contributed by atoms with E-state index in [1.165, 1.54) is 4.57 Å². The smallest absolute Gasteiger partial charge is 0.263 e. The van der Waals surface area contributed by atoms with E-state index in [1.807, 2.05) is 51.1 Å². The van der Waals surface area contributed by atoms with Crippen LogP contribution in [0.4, 0.5) is 11.5 Å². The Morgan fingerprint density at radius 3 is 2.65 bits per heavy atom. The number of hydrogen-bond acceptors (Lipinski definition) is 5. The van der Waals surface area contributed by atoms with Crippen molar-refractivity contribution in [2.24, 2.45) is 7.05 Å². The number of nitrogens with one attached hydrogen (secondary N) is 1. The number of likely N-dealkylation sites (tertiary alicyclic amines) is 1. The first-order valence-corrected chi connectivity index (χ1v) is 10.5. The van der Waals surface area contributed by atoms with Gasteiger partial charge in [0.15, 0.2) is 0 Å². The van der Waals surface area contributed by atoms with Gasteiger partial charge in [-0.15, -0.1) is 0 Å². The second-order valence-electron chi connectivity index (χ2n) is 8.13. The normalized spacial score (nSPS) is 15.9. The molecule has 0 aliphatic carbocycles. The van der Waals surface area contributed by atoms with Crippen LogP contribution in [-0.2, 0) is 7.05 Å². The molecule has 0 aromatic carbocycles. The van der Waals surface area contributed by atoms with Crippen molar-refractivity contribution < 1.29 is 4.79 Å². The Labute approximate surface area is 181 Å². The van der Waals surface area contributed by atoms with Gasteiger partial charge in [0.25, 0.3) is 11.5 Å². The maximum atomic E-state index is 13.3. The Morgan fingerprint density at radius 1 is 1.13 bits per heavy atom. The lowest BCUT2D eigenvalue weighted by atomic mass is 10.1. The molecule has 3 aromatic rings. The number of hydrogen-bond donors (Lipinski definition) is 1. The molecule has 31 heavy (non-hydrogen) atoms. The average Bonchev–Trinajstić information content (AvgIpc) is 3.24. The van der Waals surface area contributed by atoms with E-state index in [0.717, 1.165) is 46.9 Å². The van der Waals surface area contributed by atoms with E-state index >= 15 is 0 Å². The molecule has 1 aliphatic heterocycles. The molecule has 7 nitrogen and oxygen atoms in total. The Kier molecular flexibility index (Phi) is 5.59. The van der Waals surface area contributed by atoms with Crippen LogP contribution in [0.5, 0.6) is 0 Å². The van der Waals surface area contributed by atoms with E-state index in [1.54, 1.807) is 24.3 Å². The molecular formula is C24H27N5O2. The van der Waals surface area contributed by atoms with Crippen molar-refractivity contribution in [2.45, 2.75) is 39.7 Å². The lowest BCUT2D eigenvalue weighted by molar-refractivity contribution is 0.0729. The minimum atomic E-state index is -0.244. The largest absolute Gasteiger partial charge is 0.339 e. The van der Waals surface area contributed by atoms with Gasteiger partial charge >= 0.3 is 0 Å². The Hall–Kier alpha value is -3.48. The number of nitrogens with zero attached hydrogens (tertiary/aromatic N) is 4. The van der Waals surface area contributed by atoms with Crippen molar-refractivity contribution in [3.63, 3.8) is 0 Å². The summed E-state index contributed by atoms with van der Waals surface area (Å²) in [5.74, 6) is 0.578. The van der Waals surface area contributed by atoms with E-state index in [2.05, 4.69) is 15.3 Å². The second kappa shape index (κ2) is 8.34. The fourth-order valence-corrected chi connectivity index (χ4v) is 4.13. The zero-order chi connectivity index (χ0) is 22.1. The molecule has 7 heteroatoms. The van der Waals surface area contributed by atoms with Crippen molar-refractivity contribution in [1.29, 1.82) is 0 Å². The van der Waals surface area contributed by atoms with Gasteiger partial charge in [0.1, 0.15) is 11.4 Å². The van der Waals surface area contributed by atoms with Gasteiger partial charge in [-0.25, -0.2) is 4.98 Å². The van der Waals surface area contributed by atoms with Gasteiger partial charge in [-0.2, -0.15) is 0 Å². The molecule has 1 amide bonds. The number of amides is 1. The molecular weight excluding hydrogens is 390 g/mol. The molecule has 0 saturated carbocycles. The van der Waals surface area contributed by atoms with Gasteiger partial charge in [0.05, 0.1) is 23.6 Å². The minimum Gasteiger partial charge on any atom is -0.339 e. The number of aryl methyl sites for hydroxylation is 3. The molecule has 1 atom stereocenters. The monoisotopic (exact) mass is 417 g/mol. The van der Waals surface area contributed by atoms with E-state index in [9.17, 15) is 9.59 Å². The van der Waals surface area contributed by atoms with Gasteiger partial charge in [-0.3, -0.25) is 14.6 Å². The van der Waals surface area contributed by atoms with Crippen LogP contribution in [0.15, 0.2) is 47.5 Å². The Morgan fingerprint density at radius 2 is 1.94 bits per heavy atom. The van der Waals surface area contributed by atoms with Crippen LogP contribution in [-0.4, -0.2) is 31.9 Å². The summed E-state index contributed by atoms with van der Waals surface area (Å²) in [6.45, 7) is 6.31. The lowest BCUT2D eigenvalue weighted by Crippen LogP contribution is -2.37. The highest BCUT2D eigenvalue weighted by Gasteiger charge is 2.33. The molecule has 1 saturated heterocycles. The van der Waals surface area contributed by atoms with Crippen LogP contribution in [0.1, 0.15) is 51.8 Å². The molecule has 0 radical (unpaired) electrons. The van der Waals surface area contributed by atoms with Gasteiger partial charge in [0.2, 0.25) is 0 Å². The minimum absolute atomic E-state index is 0.136. The summed E-state index contributed by atoms with van der Waals surface area (Å²) in [7, 11) is 1.70. The van der Waals surface area contributed by atoms with Crippen LogP contribution in [0.2, 0.25) is 0 Å². The van der Waals surface area contributed by atoms with E-state index < -0.39 is 0 Å².